The van der Waals surface area contributed by atoms with E-state index in [2.05, 4.69) is 26.6 Å². The second kappa shape index (κ2) is 5.10. The van der Waals surface area contributed by atoms with Crippen molar-refractivity contribution in [3.63, 3.8) is 0 Å². The average molecular weight is 291 g/mol. The average Bonchev–Trinajstić information content (AvgIpc) is 2.27. The molecule has 1 aromatic rings. The second-order valence-corrected chi connectivity index (χ2v) is 4.77. The maximum absolute atomic E-state index is 13.4. The van der Waals surface area contributed by atoms with Crippen LogP contribution in [0.3, 0.4) is 0 Å². The molecule has 88 valence electrons. The first-order chi connectivity index (χ1) is 7.66. The molecule has 2 N–H and O–H groups in total. The Balaban J connectivity index is 2.11. The summed E-state index contributed by atoms with van der Waals surface area (Å²) in [5, 5.41) is 6.34. The molecule has 1 aliphatic rings. The first kappa shape index (κ1) is 11.8. The van der Waals surface area contributed by atoms with Gasteiger partial charge < -0.3 is 10.6 Å². The highest BCUT2D eigenvalue weighted by molar-refractivity contribution is 9.10. The van der Waals surface area contributed by atoms with Crippen molar-refractivity contribution in [1.82, 2.24) is 5.32 Å². The zero-order valence-electron chi connectivity index (χ0n) is 8.69. The van der Waals surface area contributed by atoms with Crippen LogP contribution in [0.25, 0.3) is 0 Å². The van der Waals surface area contributed by atoms with Gasteiger partial charge in [-0.05, 0) is 47.9 Å². The molecule has 0 spiro atoms. The van der Waals surface area contributed by atoms with Gasteiger partial charge in [-0.3, -0.25) is 0 Å². The number of hydrogen-bond acceptors (Lipinski definition) is 2. The van der Waals surface area contributed by atoms with E-state index in [1.807, 2.05) is 0 Å². The number of hydrogen-bond donors (Lipinski definition) is 2. The number of piperidine rings is 1. The molecule has 1 aromatic carbocycles. The third-order valence-corrected chi connectivity index (χ3v) is 3.32. The Labute approximate surface area is 102 Å². The van der Waals surface area contributed by atoms with Crippen LogP contribution in [0, 0.1) is 11.6 Å². The van der Waals surface area contributed by atoms with Gasteiger partial charge in [-0.15, -0.1) is 0 Å². The molecule has 0 bridgehead atoms. The molecule has 0 saturated carbocycles. The Morgan fingerprint density at radius 3 is 2.56 bits per heavy atom. The Morgan fingerprint density at radius 1 is 1.19 bits per heavy atom. The third kappa shape index (κ3) is 2.71. The van der Waals surface area contributed by atoms with Gasteiger partial charge in [-0.1, -0.05) is 0 Å². The monoisotopic (exact) mass is 290 g/mol. The molecule has 1 fully saturated rings. The van der Waals surface area contributed by atoms with Gasteiger partial charge in [-0.25, -0.2) is 8.78 Å². The minimum absolute atomic E-state index is 0.258. The minimum Gasteiger partial charge on any atom is -0.380 e. The van der Waals surface area contributed by atoms with Gasteiger partial charge in [0.05, 0.1) is 10.2 Å². The van der Waals surface area contributed by atoms with Crippen LogP contribution >= 0.6 is 15.9 Å². The molecular formula is C11H13BrF2N2. The predicted octanol–water partition coefficient (Wildman–Crippen LogP) is 2.89. The minimum atomic E-state index is -0.576. The van der Waals surface area contributed by atoms with Crippen molar-refractivity contribution < 1.29 is 8.78 Å². The molecule has 1 heterocycles. The summed E-state index contributed by atoms with van der Waals surface area (Å²) in [6, 6.07) is 2.60. The van der Waals surface area contributed by atoms with Crippen molar-refractivity contribution in [3.05, 3.63) is 28.2 Å². The maximum atomic E-state index is 13.4. The van der Waals surface area contributed by atoms with Crippen LogP contribution in [0.2, 0.25) is 0 Å². The second-order valence-electron chi connectivity index (χ2n) is 3.91. The van der Waals surface area contributed by atoms with Gasteiger partial charge in [0.25, 0.3) is 0 Å². The molecule has 0 atom stereocenters. The van der Waals surface area contributed by atoms with E-state index in [-0.39, 0.29) is 10.5 Å². The van der Waals surface area contributed by atoms with E-state index in [0.29, 0.717) is 5.69 Å². The summed E-state index contributed by atoms with van der Waals surface area (Å²) in [5.74, 6) is -1.12. The highest BCUT2D eigenvalue weighted by Gasteiger charge is 2.15. The van der Waals surface area contributed by atoms with Gasteiger partial charge in [0.15, 0.2) is 0 Å². The lowest BCUT2D eigenvalue weighted by Crippen LogP contribution is -2.35. The van der Waals surface area contributed by atoms with Crippen molar-refractivity contribution >= 4 is 21.6 Å². The Bertz CT molecular complexity index is 378. The number of rotatable bonds is 2. The fourth-order valence-electron chi connectivity index (χ4n) is 1.82. The van der Waals surface area contributed by atoms with Crippen LogP contribution in [-0.4, -0.2) is 19.1 Å². The molecule has 0 aliphatic carbocycles. The zero-order chi connectivity index (χ0) is 11.5. The van der Waals surface area contributed by atoms with Crippen LogP contribution in [0.5, 0.6) is 0 Å². The normalized spacial score (nSPS) is 17.4. The first-order valence-corrected chi connectivity index (χ1v) is 6.08. The third-order valence-electron chi connectivity index (χ3n) is 2.71. The quantitative estimate of drug-likeness (QED) is 0.819. The molecule has 0 aromatic heterocycles. The summed E-state index contributed by atoms with van der Waals surface area (Å²) < 4.78 is 26.7. The topological polar surface area (TPSA) is 24.1 Å². The summed E-state index contributed by atoms with van der Waals surface area (Å²) in [4.78, 5) is 0. The number of nitrogens with one attached hydrogen (secondary N) is 2. The van der Waals surface area contributed by atoms with Gasteiger partial charge in [0.1, 0.15) is 11.6 Å². The summed E-state index contributed by atoms with van der Waals surface area (Å²) >= 11 is 3.05. The van der Waals surface area contributed by atoms with Crippen LogP contribution in [0.1, 0.15) is 12.8 Å². The maximum Gasteiger partial charge on any atom is 0.149 e. The fraction of sp³-hybridized carbons (Fsp3) is 0.455. The molecule has 16 heavy (non-hydrogen) atoms. The predicted molar refractivity (Wildman–Crippen MR) is 63.6 cm³/mol. The molecule has 2 nitrogen and oxygen atoms in total. The van der Waals surface area contributed by atoms with Crippen molar-refractivity contribution in [2.45, 2.75) is 18.9 Å². The molecule has 0 unspecified atom stereocenters. The molecule has 0 amide bonds. The van der Waals surface area contributed by atoms with Gasteiger partial charge in [-0.2, -0.15) is 0 Å². The molecule has 1 aliphatic heterocycles. The van der Waals surface area contributed by atoms with Crippen molar-refractivity contribution in [3.8, 4) is 0 Å². The van der Waals surface area contributed by atoms with E-state index in [1.165, 1.54) is 6.07 Å². The van der Waals surface area contributed by atoms with E-state index >= 15 is 0 Å². The zero-order valence-corrected chi connectivity index (χ0v) is 10.3. The number of halogens is 3. The lowest BCUT2D eigenvalue weighted by atomic mass is 10.1. The van der Waals surface area contributed by atoms with Crippen molar-refractivity contribution in [2.75, 3.05) is 18.4 Å². The van der Waals surface area contributed by atoms with E-state index < -0.39 is 11.6 Å². The lowest BCUT2D eigenvalue weighted by molar-refractivity contribution is 0.476. The molecule has 1 saturated heterocycles. The van der Waals surface area contributed by atoms with E-state index in [0.717, 1.165) is 32.0 Å². The molecule has 0 radical (unpaired) electrons. The van der Waals surface area contributed by atoms with Crippen LogP contribution in [0.15, 0.2) is 16.6 Å². The molecule has 5 heteroatoms. The lowest BCUT2D eigenvalue weighted by Gasteiger charge is -2.25. The van der Waals surface area contributed by atoms with Crippen molar-refractivity contribution in [1.29, 1.82) is 0 Å². The van der Waals surface area contributed by atoms with Gasteiger partial charge in [0.2, 0.25) is 0 Å². The van der Waals surface area contributed by atoms with E-state index in [1.54, 1.807) is 0 Å². The summed E-state index contributed by atoms with van der Waals surface area (Å²) in [6.07, 6.45) is 1.91. The van der Waals surface area contributed by atoms with E-state index in [9.17, 15) is 8.78 Å². The summed E-state index contributed by atoms with van der Waals surface area (Å²) in [7, 11) is 0. The SMILES string of the molecule is Fc1cc(F)c(NC2CCNCC2)cc1Br. The van der Waals surface area contributed by atoms with Gasteiger partial charge in [0, 0.05) is 12.1 Å². The van der Waals surface area contributed by atoms with Crippen LogP contribution < -0.4 is 10.6 Å². The standard InChI is InChI=1S/C11H13BrF2N2/c12-8-5-11(10(14)6-9(8)13)16-7-1-3-15-4-2-7/h5-7,15-16H,1-4H2. The Hall–Kier alpha value is -0.680. The fourth-order valence-corrected chi connectivity index (χ4v) is 2.16. The van der Waals surface area contributed by atoms with Crippen LogP contribution in [0.4, 0.5) is 14.5 Å². The Kier molecular flexibility index (Phi) is 3.76. The smallest absolute Gasteiger partial charge is 0.149 e. The van der Waals surface area contributed by atoms with Crippen molar-refractivity contribution in [2.24, 2.45) is 0 Å². The largest absolute Gasteiger partial charge is 0.380 e. The molecule has 2 rings (SSSR count). The molecular weight excluding hydrogens is 278 g/mol. The summed E-state index contributed by atoms with van der Waals surface area (Å²) in [5.41, 5.74) is 0.361. The van der Waals surface area contributed by atoms with Crippen LogP contribution in [-0.2, 0) is 0 Å². The highest BCUT2D eigenvalue weighted by Crippen LogP contribution is 2.25. The van der Waals surface area contributed by atoms with E-state index in [4.69, 9.17) is 0 Å². The first-order valence-electron chi connectivity index (χ1n) is 5.28. The highest BCUT2D eigenvalue weighted by atomic mass is 79.9. The summed E-state index contributed by atoms with van der Waals surface area (Å²) in [6.45, 7) is 1.86. The van der Waals surface area contributed by atoms with Gasteiger partial charge >= 0.3 is 0 Å². The number of anilines is 1. The number of benzene rings is 1. The Morgan fingerprint density at radius 2 is 1.88 bits per heavy atom.